The van der Waals surface area contributed by atoms with Crippen molar-refractivity contribution in [3.05, 3.63) is 59.7 Å². The third-order valence-corrected chi connectivity index (χ3v) is 7.04. The molecule has 0 bridgehead atoms. The molecule has 0 aliphatic carbocycles. The van der Waals surface area contributed by atoms with Crippen molar-refractivity contribution in [3.63, 3.8) is 0 Å². The number of rotatable bonds is 21. The second-order valence-corrected chi connectivity index (χ2v) is 10.7. The predicted octanol–water partition coefficient (Wildman–Crippen LogP) is 2.24. The number of methoxy groups -OCH3 is 1. The number of phenols is 2. The van der Waals surface area contributed by atoms with Gasteiger partial charge in [-0.1, -0.05) is 31.7 Å². The van der Waals surface area contributed by atoms with Crippen LogP contribution in [0.3, 0.4) is 0 Å². The normalized spacial score (nSPS) is 12.6. The Morgan fingerprint density at radius 2 is 1.37 bits per heavy atom. The number of aromatic hydroxyl groups is 2. The van der Waals surface area contributed by atoms with Crippen molar-refractivity contribution in [2.45, 2.75) is 58.9 Å². The number of amides is 3. The number of ketones is 2. The van der Waals surface area contributed by atoms with Crippen molar-refractivity contribution in [1.82, 2.24) is 16.1 Å². The second-order valence-electron chi connectivity index (χ2n) is 10.7. The molecule has 2 aromatic carbocycles. The molecule has 46 heavy (non-hydrogen) atoms. The van der Waals surface area contributed by atoms with Gasteiger partial charge in [0.15, 0.2) is 5.78 Å². The highest BCUT2D eigenvalue weighted by molar-refractivity contribution is 5.94. The molecule has 0 saturated carbocycles. The molecule has 2 aromatic rings. The van der Waals surface area contributed by atoms with E-state index in [2.05, 4.69) is 10.6 Å². The van der Waals surface area contributed by atoms with Gasteiger partial charge < -0.3 is 35.1 Å². The smallest absolute Gasteiger partial charge is 0.243 e. The van der Waals surface area contributed by atoms with Crippen LogP contribution in [0.1, 0.15) is 51.2 Å². The largest absolute Gasteiger partial charge is 0.508 e. The summed E-state index contributed by atoms with van der Waals surface area (Å²) in [7, 11) is 1.53. The lowest BCUT2D eigenvalue weighted by Gasteiger charge is -2.24. The Hall–Kier alpha value is -4.33. The molecule has 1 unspecified atom stereocenters. The van der Waals surface area contributed by atoms with E-state index in [0.717, 1.165) is 0 Å². The molecular weight excluding hydrogens is 598 g/mol. The minimum absolute atomic E-state index is 0. The van der Waals surface area contributed by atoms with E-state index >= 15 is 0 Å². The first kappa shape index (κ1) is 39.7. The highest BCUT2D eigenvalue weighted by Gasteiger charge is 2.30. The van der Waals surface area contributed by atoms with Gasteiger partial charge in [0.05, 0.1) is 25.9 Å². The molecule has 0 saturated heterocycles. The molecule has 0 radical (unpaired) electrons. The number of hydroxylamine groups is 1. The van der Waals surface area contributed by atoms with Crippen LogP contribution in [0.4, 0.5) is 0 Å². The third-order valence-electron chi connectivity index (χ3n) is 7.04. The van der Waals surface area contributed by atoms with Gasteiger partial charge in [-0.25, -0.2) is 5.48 Å². The van der Waals surface area contributed by atoms with Crippen LogP contribution in [-0.4, -0.2) is 84.2 Å². The summed E-state index contributed by atoms with van der Waals surface area (Å²) in [6.07, 6.45) is -0.472. The van der Waals surface area contributed by atoms with Crippen LogP contribution < -0.4 is 16.1 Å². The molecule has 0 heterocycles. The Morgan fingerprint density at radius 3 is 1.91 bits per heavy atom. The van der Waals surface area contributed by atoms with Crippen LogP contribution in [0.15, 0.2) is 48.5 Å². The lowest BCUT2D eigenvalue weighted by molar-refractivity contribution is -0.134. The minimum atomic E-state index is -1.10. The third kappa shape index (κ3) is 15.1. The zero-order valence-electron chi connectivity index (χ0n) is 25.6. The van der Waals surface area contributed by atoms with E-state index in [1.165, 1.54) is 43.8 Å². The summed E-state index contributed by atoms with van der Waals surface area (Å²) in [4.78, 5) is 64.1. The minimum Gasteiger partial charge on any atom is -0.508 e. The summed E-state index contributed by atoms with van der Waals surface area (Å²) in [6, 6.07) is 11.2. The van der Waals surface area contributed by atoms with Gasteiger partial charge in [-0.2, -0.15) is 0 Å². The number of hydrogen-bond donors (Lipinski definition) is 6. The van der Waals surface area contributed by atoms with Crippen molar-refractivity contribution >= 4 is 29.3 Å². The Bertz CT molecular complexity index is 1250. The summed E-state index contributed by atoms with van der Waals surface area (Å²) < 4.78 is 10.3. The van der Waals surface area contributed by atoms with Gasteiger partial charge in [-0.15, -0.1) is 0 Å². The van der Waals surface area contributed by atoms with Crippen LogP contribution in [0.2, 0.25) is 0 Å². The van der Waals surface area contributed by atoms with Gasteiger partial charge in [0.1, 0.15) is 17.3 Å². The number of benzene rings is 2. The fraction of sp³-hybridized carbons (Fsp3) is 0.485. The maximum absolute atomic E-state index is 13.7. The first-order valence-corrected chi connectivity index (χ1v) is 14.7. The molecule has 6 N–H and O–H groups in total. The van der Waals surface area contributed by atoms with Crippen LogP contribution >= 0.6 is 0 Å². The number of hydrogen-bond acceptors (Lipinski definition) is 10. The van der Waals surface area contributed by atoms with E-state index in [9.17, 15) is 34.2 Å². The first-order valence-electron chi connectivity index (χ1n) is 14.7. The number of phenolic OH excluding ortho intramolecular Hbond substituents is 2. The molecule has 2 rings (SSSR count). The summed E-state index contributed by atoms with van der Waals surface area (Å²) in [6.45, 7) is 2.44. The number of carbonyl (C=O) groups excluding carboxylic acids is 5. The van der Waals surface area contributed by atoms with E-state index in [1.54, 1.807) is 24.3 Å². The molecule has 13 heteroatoms. The SMILES string of the molecule is C.COCCOCCNC(=O)C(CCC(=O)NO)CC(=O)[C@H](Cc1ccc(O)cc1)NC(=O)[C@@H](CC(C)=O)Cc1ccc(O)cc1. The van der Waals surface area contributed by atoms with E-state index in [0.29, 0.717) is 24.3 Å². The summed E-state index contributed by atoms with van der Waals surface area (Å²) in [5, 5.41) is 33.7. The zero-order chi connectivity index (χ0) is 33.2. The fourth-order valence-corrected chi connectivity index (χ4v) is 4.63. The number of ether oxygens (including phenoxy) is 2. The monoisotopic (exact) mass is 645 g/mol. The van der Waals surface area contributed by atoms with Crippen LogP contribution in [0.5, 0.6) is 11.5 Å². The van der Waals surface area contributed by atoms with Crippen molar-refractivity contribution in [1.29, 1.82) is 0 Å². The van der Waals surface area contributed by atoms with Crippen molar-refractivity contribution in [3.8, 4) is 11.5 Å². The summed E-state index contributed by atoms with van der Waals surface area (Å²) in [5.41, 5.74) is 2.85. The number of carbonyl (C=O) groups is 5. The zero-order valence-corrected chi connectivity index (χ0v) is 25.6. The molecule has 0 aliphatic rings. The fourth-order valence-electron chi connectivity index (χ4n) is 4.63. The van der Waals surface area contributed by atoms with Crippen molar-refractivity contribution in [2.24, 2.45) is 11.8 Å². The van der Waals surface area contributed by atoms with Gasteiger partial charge in [0, 0.05) is 44.8 Å². The molecule has 0 spiro atoms. The van der Waals surface area contributed by atoms with Gasteiger partial charge in [-0.05, 0) is 61.6 Å². The van der Waals surface area contributed by atoms with E-state index in [-0.39, 0.29) is 76.4 Å². The average molecular weight is 646 g/mol. The standard InChI is InChI=1S/C32H43N3O10.CH4/c1-21(36)17-25(18-22-3-8-26(37)9-4-22)32(42)34-28(19-23-5-10-27(38)11-6-23)29(39)20-24(7-12-30(40)35-43)31(41)33-13-14-45-16-15-44-2;/h3-6,8-11,24-25,28,37-38,43H,7,12-20H2,1-2H3,(H,33,41)(H,34,42)(H,35,40);1H4/t24?,25-,28-;/m0./s1. The molecule has 0 fully saturated rings. The molecule has 0 aromatic heterocycles. The molecule has 0 aliphatic heterocycles. The van der Waals surface area contributed by atoms with Gasteiger partial charge in [0.2, 0.25) is 17.7 Å². The van der Waals surface area contributed by atoms with E-state index in [4.69, 9.17) is 14.7 Å². The molecule has 13 nitrogen and oxygen atoms in total. The van der Waals surface area contributed by atoms with Crippen molar-refractivity contribution < 1.29 is 48.9 Å². The topological polar surface area (TPSA) is 201 Å². The Morgan fingerprint density at radius 1 is 0.783 bits per heavy atom. The molecule has 3 amide bonds. The molecular formula is C33H47N3O10. The quantitative estimate of drug-likeness (QED) is 0.0664. The molecule has 3 atom stereocenters. The Labute approximate surface area is 269 Å². The van der Waals surface area contributed by atoms with Gasteiger partial charge in [0.25, 0.3) is 0 Å². The second kappa shape index (κ2) is 21.4. The average Bonchev–Trinajstić information content (AvgIpc) is 3.01. The Kier molecular flexibility index (Phi) is 18.5. The predicted molar refractivity (Wildman–Crippen MR) is 169 cm³/mol. The highest BCUT2D eigenvalue weighted by Crippen LogP contribution is 2.20. The van der Waals surface area contributed by atoms with E-state index < -0.39 is 41.4 Å². The van der Waals surface area contributed by atoms with Gasteiger partial charge in [-0.3, -0.25) is 24.4 Å². The van der Waals surface area contributed by atoms with Crippen molar-refractivity contribution in [2.75, 3.05) is 33.5 Å². The lowest BCUT2D eigenvalue weighted by atomic mass is 9.89. The summed E-state index contributed by atoms with van der Waals surface area (Å²) in [5.74, 6) is -4.16. The number of Topliss-reactive ketones (excluding diaryl/α,β-unsaturated/α-hetero) is 2. The number of nitrogens with one attached hydrogen (secondary N) is 3. The van der Waals surface area contributed by atoms with Crippen LogP contribution in [0, 0.1) is 11.8 Å². The maximum atomic E-state index is 13.7. The first-order chi connectivity index (χ1) is 21.5. The summed E-state index contributed by atoms with van der Waals surface area (Å²) >= 11 is 0. The van der Waals surface area contributed by atoms with Gasteiger partial charge >= 0.3 is 0 Å². The van der Waals surface area contributed by atoms with Crippen LogP contribution in [-0.2, 0) is 46.3 Å². The lowest BCUT2D eigenvalue weighted by Crippen LogP contribution is -2.47. The van der Waals surface area contributed by atoms with E-state index in [1.807, 2.05) is 0 Å². The maximum Gasteiger partial charge on any atom is 0.243 e. The Balaban J connectivity index is 0.0000106. The molecule has 254 valence electrons. The highest BCUT2D eigenvalue weighted by atomic mass is 16.5. The van der Waals surface area contributed by atoms with Crippen LogP contribution in [0.25, 0.3) is 0 Å².